The molecular formula is C16H18N2O. The van der Waals surface area contributed by atoms with Crippen LogP contribution < -0.4 is 5.32 Å². The first kappa shape index (κ1) is 12.1. The van der Waals surface area contributed by atoms with Gasteiger partial charge in [-0.15, -0.1) is 0 Å². The number of aromatic nitrogens is 1. The van der Waals surface area contributed by atoms with Gasteiger partial charge in [0, 0.05) is 30.2 Å². The fourth-order valence-electron chi connectivity index (χ4n) is 2.44. The molecule has 3 rings (SSSR count). The number of rotatable bonds is 5. The third kappa shape index (κ3) is 2.56. The van der Waals surface area contributed by atoms with Gasteiger partial charge in [0.1, 0.15) is 5.76 Å². The van der Waals surface area contributed by atoms with E-state index in [1.165, 1.54) is 16.5 Å². The minimum Gasteiger partial charge on any atom is -0.468 e. The van der Waals surface area contributed by atoms with Crippen LogP contribution in [0.5, 0.6) is 0 Å². The van der Waals surface area contributed by atoms with Gasteiger partial charge in [-0.2, -0.15) is 0 Å². The highest BCUT2D eigenvalue weighted by Gasteiger charge is 2.03. The molecule has 0 aliphatic heterocycles. The molecule has 0 amide bonds. The lowest BCUT2D eigenvalue weighted by Gasteiger charge is -2.06. The third-order valence-electron chi connectivity index (χ3n) is 3.40. The molecule has 0 radical (unpaired) electrons. The first-order valence-corrected chi connectivity index (χ1v) is 6.62. The topological polar surface area (TPSA) is 30.1 Å². The van der Waals surface area contributed by atoms with Gasteiger partial charge in [0.25, 0.3) is 0 Å². The molecular weight excluding hydrogens is 236 g/mol. The molecule has 0 aliphatic rings. The van der Waals surface area contributed by atoms with Crippen LogP contribution in [-0.2, 0) is 13.1 Å². The zero-order valence-electron chi connectivity index (χ0n) is 11.1. The van der Waals surface area contributed by atoms with Crippen LogP contribution in [0.4, 0.5) is 0 Å². The summed E-state index contributed by atoms with van der Waals surface area (Å²) in [6.07, 6.45) is 3.93. The maximum atomic E-state index is 5.29. The van der Waals surface area contributed by atoms with E-state index in [9.17, 15) is 0 Å². The molecule has 0 fully saturated rings. The Kier molecular flexibility index (Phi) is 3.38. The van der Waals surface area contributed by atoms with Gasteiger partial charge in [-0.05, 0) is 30.7 Å². The highest BCUT2D eigenvalue weighted by molar-refractivity contribution is 5.83. The van der Waals surface area contributed by atoms with Crippen LogP contribution in [0.25, 0.3) is 10.9 Å². The Balaban J connectivity index is 1.62. The van der Waals surface area contributed by atoms with Crippen LogP contribution >= 0.6 is 0 Å². The molecule has 0 aliphatic carbocycles. The molecule has 0 spiro atoms. The average Bonchev–Trinajstić information content (AvgIpc) is 3.04. The quantitative estimate of drug-likeness (QED) is 0.708. The summed E-state index contributed by atoms with van der Waals surface area (Å²) in [6.45, 7) is 4.84. The van der Waals surface area contributed by atoms with Crippen LogP contribution in [-0.4, -0.2) is 11.1 Å². The predicted molar refractivity (Wildman–Crippen MR) is 77.1 cm³/mol. The van der Waals surface area contributed by atoms with Crippen molar-refractivity contribution in [2.75, 3.05) is 6.54 Å². The summed E-state index contributed by atoms with van der Waals surface area (Å²) >= 11 is 0. The number of fused-ring (bicyclic) bond motifs is 1. The van der Waals surface area contributed by atoms with Gasteiger partial charge in [-0.3, -0.25) is 0 Å². The van der Waals surface area contributed by atoms with Gasteiger partial charge in [0.15, 0.2) is 0 Å². The van der Waals surface area contributed by atoms with Gasteiger partial charge < -0.3 is 14.3 Å². The number of nitrogens with one attached hydrogen (secondary N) is 1. The number of benzene rings is 1. The Morgan fingerprint density at radius 2 is 2.05 bits per heavy atom. The molecule has 0 saturated carbocycles. The average molecular weight is 254 g/mol. The molecule has 3 heteroatoms. The minimum absolute atomic E-state index is 0.783. The van der Waals surface area contributed by atoms with Crippen molar-refractivity contribution in [3.05, 3.63) is 60.2 Å². The zero-order valence-corrected chi connectivity index (χ0v) is 11.1. The number of furan rings is 1. The van der Waals surface area contributed by atoms with Gasteiger partial charge in [0.05, 0.1) is 12.8 Å². The van der Waals surface area contributed by atoms with Crippen molar-refractivity contribution in [1.82, 2.24) is 9.88 Å². The van der Waals surface area contributed by atoms with E-state index in [1.807, 2.05) is 12.1 Å². The first-order valence-electron chi connectivity index (χ1n) is 6.62. The van der Waals surface area contributed by atoms with E-state index in [2.05, 4.69) is 47.3 Å². The second kappa shape index (κ2) is 5.33. The van der Waals surface area contributed by atoms with E-state index < -0.39 is 0 Å². The molecule has 0 bridgehead atoms. The van der Waals surface area contributed by atoms with Crippen LogP contribution in [0.15, 0.2) is 53.3 Å². The highest BCUT2D eigenvalue weighted by atomic mass is 16.3. The molecule has 0 saturated heterocycles. The number of aryl methyl sites for hydroxylation is 1. The van der Waals surface area contributed by atoms with E-state index in [0.29, 0.717) is 0 Å². The summed E-state index contributed by atoms with van der Waals surface area (Å²) in [7, 11) is 0. The maximum absolute atomic E-state index is 5.29. The first-order chi connectivity index (χ1) is 9.34. The Morgan fingerprint density at radius 3 is 2.89 bits per heavy atom. The van der Waals surface area contributed by atoms with Crippen molar-refractivity contribution in [3.8, 4) is 0 Å². The van der Waals surface area contributed by atoms with E-state index in [0.717, 1.165) is 25.4 Å². The van der Waals surface area contributed by atoms with Gasteiger partial charge >= 0.3 is 0 Å². The number of hydrogen-bond acceptors (Lipinski definition) is 2. The lowest BCUT2D eigenvalue weighted by Crippen LogP contribution is -2.18. The standard InChI is InChI=1S/C16H18N2O/c1-13-12-18(16-7-3-2-6-15(13)16)9-8-17-11-14-5-4-10-19-14/h2-7,10,12,17H,8-9,11H2,1H3. The summed E-state index contributed by atoms with van der Waals surface area (Å²) in [5, 5.41) is 4.74. The Bertz CT molecular complexity index is 653. The van der Waals surface area contributed by atoms with Crippen molar-refractivity contribution >= 4 is 10.9 Å². The normalized spacial score (nSPS) is 11.2. The molecule has 98 valence electrons. The Hall–Kier alpha value is -2.00. The van der Waals surface area contributed by atoms with Gasteiger partial charge in [0.2, 0.25) is 0 Å². The lowest BCUT2D eigenvalue weighted by molar-refractivity contribution is 0.477. The van der Waals surface area contributed by atoms with Crippen molar-refractivity contribution in [2.45, 2.75) is 20.0 Å². The number of para-hydroxylation sites is 1. The van der Waals surface area contributed by atoms with Crippen LogP contribution in [0.3, 0.4) is 0 Å². The van der Waals surface area contributed by atoms with Gasteiger partial charge in [-0.25, -0.2) is 0 Å². The summed E-state index contributed by atoms with van der Waals surface area (Å²) in [4.78, 5) is 0. The van der Waals surface area contributed by atoms with Crippen molar-refractivity contribution in [3.63, 3.8) is 0 Å². The summed E-state index contributed by atoms with van der Waals surface area (Å²) in [5.74, 6) is 0.980. The monoisotopic (exact) mass is 254 g/mol. The predicted octanol–water partition coefficient (Wildman–Crippen LogP) is 3.33. The van der Waals surface area contributed by atoms with Crippen molar-refractivity contribution in [2.24, 2.45) is 0 Å². The molecule has 3 aromatic rings. The van der Waals surface area contributed by atoms with E-state index in [4.69, 9.17) is 4.42 Å². The summed E-state index contributed by atoms with van der Waals surface area (Å²) in [6, 6.07) is 12.4. The summed E-state index contributed by atoms with van der Waals surface area (Å²) in [5.41, 5.74) is 2.64. The van der Waals surface area contributed by atoms with Crippen LogP contribution in [0.1, 0.15) is 11.3 Å². The Labute approximate surface area is 112 Å². The molecule has 2 heterocycles. The molecule has 19 heavy (non-hydrogen) atoms. The molecule has 0 unspecified atom stereocenters. The van der Waals surface area contributed by atoms with Crippen LogP contribution in [0, 0.1) is 6.92 Å². The fraction of sp³-hybridized carbons (Fsp3) is 0.250. The molecule has 2 aromatic heterocycles. The van der Waals surface area contributed by atoms with E-state index >= 15 is 0 Å². The summed E-state index contributed by atoms with van der Waals surface area (Å²) < 4.78 is 7.60. The highest BCUT2D eigenvalue weighted by Crippen LogP contribution is 2.19. The maximum Gasteiger partial charge on any atom is 0.117 e. The number of nitrogens with zero attached hydrogens (tertiary/aromatic N) is 1. The SMILES string of the molecule is Cc1cn(CCNCc2ccco2)c2ccccc12. The molecule has 0 atom stereocenters. The second-order valence-electron chi connectivity index (χ2n) is 4.78. The van der Waals surface area contributed by atoms with E-state index in [1.54, 1.807) is 6.26 Å². The third-order valence-corrected chi connectivity index (χ3v) is 3.40. The lowest BCUT2D eigenvalue weighted by atomic mass is 10.2. The zero-order chi connectivity index (χ0) is 13.1. The Morgan fingerprint density at radius 1 is 1.16 bits per heavy atom. The van der Waals surface area contributed by atoms with Crippen LogP contribution in [0.2, 0.25) is 0 Å². The second-order valence-corrected chi connectivity index (χ2v) is 4.78. The fourth-order valence-corrected chi connectivity index (χ4v) is 2.44. The number of hydrogen-bond donors (Lipinski definition) is 1. The molecule has 1 aromatic carbocycles. The minimum atomic E-state index is 0.783. The molecule has 3 nitrogen and oxygen atoms in total. The van der Waals surface area contributed by atoms with Crippen molar-refractivity contribution < 1.29 is 4.42 Å². The smallest absolute Gasteiger partial charge is 0.117 e. The molecule has 1 N–H and O–H groups in total. The van der Waals surface area contributed by atoms with E-state index in [-0.39, 0.29) is 0 Å². The largest absolute Gasteiger partial charge is 0.468 e. The van der Waals surface area contributed by atoms with Crippen molar-refractivity contribution in [1.29, 1.82) is 0 Å². The van der Waals surface area contributed by atoms with Gasteiger partial charge in [-0.1, -0.05) is 18.2 Å².